The summed E-state index contributed by atoms with van der Waals surface area (Å²) in [5, 5.41) is 12.1. The van der Waals surface area contributed by atoms with E-state index < -0.39 is 0 Å². The van der Waals surface area contributed by atoms with Crippen LogP contribution in [-0.2, 0) is 6.61 Å². The Balaban J connectivity index is 1.65. The quantitative estimate of drug-likeness (QED) is 0.353. The number of nitrogens with zero attached hydrogens (tertiary/aromatic N) is 1. The van der Waals surface area contributed by atoms with Crippen LogP contribution in [0.25, 0.3) is 16.8 Å². The molecule has 0 spiro atoms. The first-order valence-electron chi connectivity index (χ1n) is 10.3. The first-order chi connectivity index (χ1) is 15.3. The second-order valence-corrected chi connectivity index (χ2v) is 7.32. The van der Waals surface area contributed by atoms with E-state index in [1.807, 2.05) is 85.1 Å². The van der Waals surface area contributed by atoms with Crippen LogP contribution < -0.4 is 4.74 Å². The van der Waals surface area contributed by atoms with E-state index in [1.165, 1.54) is 0 Å². The molecule has 1 unspecified atom stereocenters. The van der Waals surface area contributed by atoms with Crippen molar-refractivity contribution in [2.24, 2.45) is 4.99 Å². The van der Waals surface area contributed by atoms with Crippen LogP contribution in [0.15, 0.2) is 103 Å². The van der Waals surface area contributed by atoms with Gasteiger partial charge in [-0.05, 0) is 33.5 Å². The fraction of sp³-hybridized carbons (Fsp3) is 0.107. The molecule has 4 rings (SSSR count). The molecule has 154 valence electrons. The minimum absolute atomic E-state index is 0.0584. The minimum atomic E-state index is -0.320. The van der Waals surface area contributed by atoms with Crippen molar-refractivity contribution >= 4 is 23.1 Å². The molecular formula is C28H25NO2. The molecule has 0 aliphatic heterocycles. The Morgan fingerprint density at radius 1 is 0.871 bits per heavy atom. The van der Waals surface area contributed by atoms with Crippen LogP contribution in [-0.4, -0.2) is 17.9 Å². The van der Waals surface area contributed by atoms with Crippen molar-refractivity contribution in [3.63, 3.8) is 0 Å². The molecule has 0 aromatic heterocycles. The number of aliphatic imine (C=N–C) groups is 1. The average molecular weight is 408 g/mol. The van der Waals surface area contributed by atoms with Gasteiger partial charge in [0.05, 0.1) is 12.6 Å². The minimum Gasteiger partial charge on any atom is -0.488 e. The number of aliphatic hydroxyl groups excluding tert-OH is 1. The summed E-state index contributed by atoms with van der Waals surface area (Å²) in [6.07, 6.45) is 3.65. The Morgan fingerprint density at radius 2 is 1.61 bits per heavy atom. The van der Waals surface area contributed by atoms with Crippen LogP contribution in [0.4, 0.5) is 0 Å². The highest BCUT2D eigenvalue weighted by molar-refractivity contribution is 6.02. The van der Waals surface area contributed by atoms with E-state index in [4.69, 9.17) is 9.73 Å². The largest absolute Gasteiger partial charge is 0.488 e. The van der Waals surface area contributed by atoms with E-state index in [1.54, 1.807) is 0 Å². The van der Waals surface area contributed by atoms with Gasteiger partial charge in [-0.1, -0.05) is 97.6 Å². The van der Waals surface area contributed by atoms with Crippen LogP contribution in [0.5, 0.6) is 5.75 Å². The number of rotatable bonds is 8. The summed E-state index contributed by atoms with van der Waals surface area (Å²) in [7, 11) is 0. The zero-order chi connectivity index (χ0) is 21.5. The van der Waals surface area contributed by atoms with Gasteiger partial charge >= 0.3 is 0 Å². The highest BCUT2D eigenvalue weighted by Crippen LogP contribution is 2.28. The molecule has 0 bridgehead atoms. The van der Waals surface area contributed by atoms with Crippen molar-refractivity contribution in [1.82, 2.24) is 0 Å². The smallest absolute Gasteiger partial charge is 0.129 e. The van der Waals surface area contributed by atoms with E-state index in [-0.39, 0.29) is 12.6 Å². The van der Waals surface area contributed by atoms with Crippen molar-refractivity contribution < 1.29 is 9.84 Å². The SMILES string of the molecule is C=Cc1ccc(COc2ccc3ccccc3c2C=NC(CO)c2ccccc2)cc1. The van der Waals surface area contributed by atoms with Gasteiger partial charge in [-0.15, -0.1) is 0 Å². The highest BCUT2D eigenvalue weighted by atomic mass is 16.5. The molecule has 0 amide bonds. The highest BCUT2D eigenvalue weighted by Gasteiger charge is 2.11. The molecule has 0 aliphatic rings. The molecule has 0 fully saturated rings. The van der Waals surface area contributed by atoms with E-state index in [0.29, 0.717) is 6.61 Å². The zero-order valence-electron chi connectivity index (χ0n) is 17.3. The maximum absolute atomic E-state index is 9.88. The summed E-state index contributed by atoms with van der Waals surface area (Å²) in [5.41, 5.74) is 4.05. The second kappa shape index (κ2) is 9.88. The van der Waals surface area contributed by atoms with Gasteiger partial charge in [-0.3, -0.25) is 4.99 Å². The third-order valence-corrected chi connectivity index (χ3v) is 5.28. The summed E-state index contributed by atoms with van der Waals surface area (Å²) >= 11 is 0. The van der Waals surface area contributed by atoms with E-state index >= 15 is 0 Å². The number of ether oxygens (including phenoxy) is 1. The number of aliphatic hydroxyl groups is 1. The van der Waals surface area contributed by atoms with Gasteiger partial charge in [0.25, 0.3) is 0 Å². The Bertz CT molecular complexity index is 1180. The molecule has 3 nitrogen and oxygen atoms in total. The predicted molar refractivity (Wildman–Crippen MR) is 129 cm³/mol. The number of fused-ring (bicyclic) bond motifs is 1. The van der Waals surface area contributed by atoms with E-state index in [9.17, 15) is 5.11 Å². The first-order valence-corrected chi connectivity index (χ1v) is 10.3. The van der Waals surface area contributed by atoms with Crippen molar-refractivity contribution in [2.45, 2.75) is 12.6 Å². The van der Waals surface area contributed by atoms with Crippen LogP contribution in [0.2, 0.25) is 0 Å². The maximum Gasteiger partial charge on any atom is 0.129 e. The monoisotopic (exact) mass is 407 g/mol. The topological polar surface area (TPSA) is 41.8 Å². The maximum atomic E-state index is 9.88. The third kappa shape index (κ3) is 4.90. The molecule has 31 heavy (non-hydrogen) atoms. The van der Waals surface area contributed by atoms with Crippen molar-refractivity contribution in [3.8, 4) is 5.75 Å². The van der Waals surface area contributed by atoms with Gasteiger partial charge in [0.15, 0.2) is 0 Å². The number of hydrogen-bond donors (Lipinski definition) is 1. The lowest BCUT2D eigenvalue weighted by atomic mass is 10.0. The lowest BCUT2D eigenvalue weighted by Crippen LogP contribution is -2.03. The predicted octanol–water partition coefficient (Wildman–Crippen LogP) is 6.21. The molecule has 0 saturated carbocycles. The molecule has 1 atom stereocenters. The van der Waals surface area contributed by atoms with Gasteiger partial charge in [-0.2, -0.15) is 0 Å². The van der Waals surface area contributed by atoms with E-state index in [2.05, 4.69) is 24.8 Å². The van der Waals surface area contributed by atoms with Crippen LogP contribution >= 0.6 is 0 Å². The summed E-state index contributed by atoms with van der Waals surface area (Å²) in [5.74, 6) is 0.764. The summed E-state index contributed by atoms with van der Waals surface area (Å²) in [6.45, 7) is 4.19. The number of benzene rings is 4. The van der Waals surface area contributed by atoms with Gasteiger partial charge in [0, 0.05) is 11.8 Å². The van der Waals surface area contributed by atoms with Crippen molar-refractivity contribution in [3.05, 3.63) is 120 Å². The Morgan fingerprint density at radius 3 is 2.35 bits per heavy atom. The number of hydrogen-bond acceptors (Lipinski definition) is 3. The molecule has 0 radical (unpaired) electrons. The second-order valence-electron chi connectivity index (χ2n) is 7.32. The molecule has 3 heteroatoms. The average Bonchev–Trinajstić information content (AvgIpc) is 2.84. The first kappa shape index (κ1) is 20.6. The summed E-state index contributed by atoms with van der Waals surface area (Å²) < 4.78 is 6.20. The van der Waals surface area contributed by atoms with Crippen LogP contribution in [0.3, 0.4) is 0 Å². The molecule has 1 N–H and O–H groups in total. The molecule has 0 saturated heterocycles. The lowest BCUT2D eigenvalue weighted by molar-refractivity contribution is 0.269. The molecule has 0 aliphatic carbocycles. The van der Waals surface area contributed by atoms with Crippen molar-refractivity contribution in [1.29, 1.82) is 0 Å². The van der Waals surface area contributed by atoms with Gasteiger partial charge in [0.1, 0.15) is 12.4 Å². The zero-order valence-corrected chi connectivity index (χ0v) is 17.3. The van der Waals surface area contributed by atoms with Crippen LogP contribution in [0.1, 0.15) is 28.3 Å². The molecule has 0 heterocycles. The Labute approximate surface area is 183 Å². The summed E-state index contributed by atoms with van der Waals surface area (Å²) in [4.78, 5) is 4.71. The van der Waals surface area contributed by atoms with Crippen LogP contribution in [0, 0.1) is 0 Å². The van der Waals surface area contributed by atoms with Gasteiger partial charge in [-0.25, -0.2) is 0 Å². The standard InChI is InChI=1S/C28H25NO2/c1-2-21-12-14-22(15-13-21)20-31-28-17-16-23-8-6-7-11-25(23)26(28)18-29-27(19-30)24-9-4-3-5-10-24/h2-18,27,30H,1,19-20H2. The third-order valence-electron chi connectivity index (χ3n) is 5.28. The van der Waals surface area contributed by atoms with E-state index in [0.717, 1.165) is 38.8 Å². The normalized spacial score (nSPS) is 12.2. The molecule has 4 aromatic rings. The van der Waals surface area contributed by atoms with Crippen molar-refractivity contribution in [2.75, 3.05) is 6.61 Å². The molecule has 4 aromatic carbocycles. The lowest BCUT2D eigenvalue weighted by Gasteiger charge is -2.14. The Hall–Kier alpha value is -3.69. The molecular weight excluding hydrogens is 382 g/mol. The summed E-state index contributed by atoms with van der Waals surface area (Å²) in [6, 6.07) is 29.9. The van der Waals surface area contributed by atoms with Gasteiger partial charge < -0.3 is 9.84 Å². The fourth-order valence-corrected chi connectivity index (χ4v) is 3.52. The Kier molecular flexibility index (Phi) is 6.56. The van der Waals surface area contributed by atoms with Gasteiger partial charge in [0.2, 0.25) is 0 Å². The fourth-order valence-electron chi connectivity index (χ4n) is 3.52.